The van der Waals surface area contributed by atoms with Crippen molar-refractivity contribution in [1.82, 2.24) is 0 Å². The lowest BCUT2D eigenvalue weighted by molar-refractivity contribution is -0.124. The van der Waals surface area contributed by atoms with Gasteiger partial charge in [0.2, 0.25) is 5.91 Å². The van der Waals surface area contributed by atoms with Crippen LogP contribution < -0.4 is 21.1 Å². The maximum absolute atomic E-state index is 12.2. The number of rotatable bonds is 4. The Hall–Kier alpha value is -3.28. The minimum atomic E-state index is -0.694. The van der Waals surface area contributed by atoms with Crippen molar-refractivity contribution in [2.75, 3.05) is 17.2 Å². The smallest absolute Gasteiger partial charge is 0.260 e. The molecular weight excluding hydrogens is 354 g/mol. The number of amides is 2. The fraction of sp³-hybridized carbons (Fsp3) is 0.273. The number of carbonyl (C=O) groups is 2. The summed E-state index contributed by atoms with van der Waals surface area (Å²) in [7, 11) is 0. The van der Waals surface area contributed by atoms with Crippen LogP contribution in [0.4, 0.5) is 11.4 Å². The molecule has 0 aliphatic carbocycles. The van der Waals surface area contributed by atoms with E-state index >= 15 is 0 Å². The summed E-state index contributed by atoms with van der Waals surface area (Å²) in [5.41, 5.74) is 8.90. The van der Waals surface area contributed by atoms with Gasteiger partial charge >= 0.3 is 0 Å². The number of benzene rings is 2. The summed E-state index contributed by atoms with van der Waals surface area (Å²) in [4.78, 5) is 23.4. The van der Waals surface area contributed by atoms with Gasteiger partial charge in [0.25, 0.3) is 5.91 Å². The molecule has 0 saturated heterocycles. The highest BCUT2D eigenvalue weighted by Crippen LogP contribution is 2.31. The van der Waals surface area contributed by atoms with Crippen LogP contribution >= 0.6 is 0 Å². The predicted molar refractivity (Wildman–Crippen MR) is 111 cm³/mol. The molecule has 2 amide bonds. The number of nitrogens with one attached hydrogen (secondary N) is 2. The van der Waals surface area contributed by atoms with Gasteiger partial charge in [0.1, 0.15) is 5.75 Å². The van der Waals surface area contributed by atoms with E-state index in [0.29, 0.717) is 23.7 Å². The quantitative estimate of drug-likeness (QED) is 0.711. The zero-order chi connectivity index (χ0) is 20.3. The molecule has 0 radical (unpaired) electrons. The van der Waals surface area contributed by atoms with Gasteiger partial charge in [-0.1, -0.05) is 45.0 Å². The van der Waals surface area contributed by atoms with Crippen molar-refractivity contribution >= 4 is 29.3 Å². The maximum Gasteiger partial charge on any atom is 0.260 e. The lowest BCUT2D eigenvalue weighted by Gasteiger charge is -2.25. The predicted octanol–water partition coefficient (Wildman–Crippen LogP) is 3.29. The van der Waals surface area contributed by atoms with Crippen molar-refractivity contribution < 1.29 is 14.3 Å². The third-order valence-corrected chi connectivity index (χ3v) is 4.52. The summed E-state index contributed by atoms with van der Waals surface area (Å²) in [5, 5.41) is 5.91. The third-order valence-electron chi connectivity index (χ3n) is 4.52. The lowest BCUT2D eigenvalue weighted by atomic mass is 9.87. The summed E-state index contributed by atoms with van der Waals surface area (Å²) in [6.45, 7) is 6.79. The molecule has 0 aromatic heterocycles. The highest BCUT2D eigenvalue weighted by atomic mass is 16.5. The Morgan fingerprint density at radius 3 is 2.54 bits per heavy atom. The first kappa shape index (κ1) is 19.5. The van der Waals surface area contributed by atoms with Crippen molar-refractivity contribution in [3.63, 3.8) is 0 Å². The molecule has 146 valence electrons. The number of hydrogen-bond acceptors (Lipinski definition) is 4. The Labute approximate surface area is 164 Å². The second-order valence-electron chi connectivity index (χ2n) is 7.80. The number of nitrogens with two attached hydrogens (primary N) is 1. The lowest BCUT2D eigenvalue weighted by Crippen LogP contribution is -2.41. The van der Waals surface area contributed by atoms with E-state index in [4.69, 9.17) is 10.5 Å². The van der Waals surface area contributed by atoms with Crippen LogP contribution in [0.15, 0.2) is 48.5 Å². The van der Waals surface area contributed by atoms with E-state index in [1.54, 1.807) is 24.3 Å². The van der Waals surface area contributed by atoms with Gasteiger partial charge in [-0.15, -0.1) is 0 Å². The maximum atomic E-state index is 12.2. The van der Waals surface area contributed by atoms with E-state index in [1.807, 2.05) is 12.1 Å². The molecule has 2 aromatic carbocycles. The second kappa shape index (κ2) is 7.76. The molecule has 2 aromatic rings. The fourth-order valence-electron chi connectivity index (χ4n) is 2.85. The van der Waals surface area contributed by atoms with Gasteiger partial charge in [0, 0.05) is 11.8 Å². The average Bonchev–Trinajstić information content (AvgIpc) is 2.65. The van der Waals surface area contributed by atoms with Crippen molar-refractivity contribution in [3.8, 4) is 5.75 Å². The molecule has 4 N–H and O–H groups in total. The Morgan fingerprint density at radius 1 is 1.18 bits per heavy atom. The fourth-order valence-corrected chi connectivity index (χ4v) is 2.85. The van der Waals surface area contributed by atoms with Crippen molar-refractivity contribution in [3.05, 3.63) is 59.7 Å². The molecule has 1 aliphatic heterocycles. The number of fused-ring (bicyclic) bond motifs is 1. The number of anilines is 2. The van der Waals surface area contributed by atoms with Gasteiger partial charge in [-0.2, -0.15) is 0 Å². The highest BCUT2D eigenvalue weighted by molar-refractivity contribution is 6.02. The Kier molecular flexibility index (Phi) is 5.40. The minimum absolute atomic E-state index is 0.0985. The van der Waals surface area contributed by atoms with Crippen LogP contribution in [0.25, 0.3) is 6.08 Å². The SMILES string of the molecule is CC(C)(C)c1ccc(C=CC(=O)Nc2ccc3c(c2)NCC(C(N)=O)O3)cc1. The summed E-state index contributed by atoms with van der Waals surface area (Å²) in [6.07, 6.45) is 2.58. The van der Waals surface area contributed by atoms with Crippen LogP contribution in [0.5, 0.6) is 5.75 Å². The van der Waals surface area contributed by atoms with Gasteiger partial charge in [0.05, 0.1) is 12.2 Å². The molecule has 1 aliphatic rings. The van der Waals surface area contributed by atoms with Crippen LogP contribution in [0.1, 0.15) is 31.9 Å². The Balaban J connectivity index is 1.62. The zero-order valence-corrected chi connectivity index (χ0v) is 16.3. The Morgan fingerprint density at radius 2 is 1.89 bits per heavy atom. The van der Waals surface area contributed by atoms with E-state index in [-0.39, 0.29) is 11.3 Å². The van der Waals surface area contributed by atoms with E-state index in [1.165, 1.54) is 11.6 Å². The first-order chi connectivity index (χ1) is 13.2. The van der Waals surface area contributed by atoms with Gasteiger partial charge in [-0.25, -0.2) is 0 Å². The van der Waals surface area contributed by atoms with Gasteiger partial charge in [-0.05, 0) is 40.8 Å². The van der Waals surface area contributed by atoms with E-state index in [9.17, 15) is 9.59 Å². The zero-order valence-electron chi connectivity index (χ0n) is 16.3. The largest absolute Gasteiger partial charge is 0.477 e. The van der Waals surface area contributed by atoms with Crippen molar-refractivity contribution in [2.45, 2.75) is 32.3 Å². The van der Waals surface area contributed by atoms with Gasteiger partial charge in [0.15, 0.2) is 6.10 Å². The molecular formula is C22H25N3O3. The molecule has 3 rings (SSSR count). The van der Waals surface area contributed by atoms with Crippen LogP contribution in [0.3, 0.4) is 0 Å². The van der Waals surface area contributed by atoms with Gasteiger partial charge in [-0.3, -0.25) is 9.59 Å². The first-order valence-corrected chi connectivity index (χ1v) is 9.16. The standard InChI is InChI=1S/C22H25N3O3/c1-22(2,3)15-7-4-14(5-8-15)6-11-20(26)25-16-9-10-18-17(12-16)24-13-19(28-18)21(23)27/h4-12,19,24H,13H2,1-3H3,(H2,23,27)(H,25,26). The van der Waals surface area contributed by atoms with Crippen LogP contribution in [0.2, 0.25) is 0 Å². The number of ether oxygens (including phenoxy) is 1. The summed E-state index contributed by atoms with van der Waals surface area (Å²) in [6, 6.07) is 13.3. The molecule has 1 unspecified atom stereocenters. The second-order valence-corrected chi connectivity index (χ2v) is 7.80. The number of carbonyl (C=O) groups excluding carboxylic acids is 2. The topological polar surface area (TPSA) is 93.5 Å². The number of hydrogen-bond donors (Lipinski definition) is 3. The molecule has 6 heteroatoms. The molecule has 0 bridgehead atoms. The monoisotopic (exact) mass is 379 g/mol. The normalized spacial score (nSPS) is 16.0. The minimum Gasteiger partial charge on any atom is -0.477 e. The molecule has 0 saturated carbocycles. The summed E-state index contributed by atoms with van der Waals surface area (Å²) >= 11 is 0. The first-order valence-electron chi connectivity index (χ1n) is 9.16. The van der Waals surface area contributed by atoms with E-state index < -0.39 is 12.0 Å². The van der Waals surface area contributed by atoms with Gasteiger partial charge < -0.3 is 21.1 Å². The molecule has 1 atom stereocenters. The molecule has 0 spiro atoms. The third kappa shape index (κ3) is 4.71. The Bertz CT molecular complexity index is 912. The molecule has 1 heterocycles. The highest BCUT2D eigenvalue weighted by Gasteiger charge is 2.23. The van der Waals surface area contributed by atoms with Crippen molar-refractivity contribution in [2.24, 2.45) is 5.73 Å². The summed E-state index contributed by atoms with van der Waals surface area (Å²) < 4.78 is 5.53. The van der Waals surface area contributed by atoms with E-state index in [2.05, 4.69) is 43.5 Å². The van der Waals surface area contributed by atoms with E-state index in [0.717, 1.165) is 5.56 Å². The van der Waals surface area contributed by atoms with Crippen LogP contribution in [-0.4, -0.2) is 24.5 Å². The average molecular weight is 379 g/mol. The molecule has 0 fully saturated rings. The number of primary amides is 1. The molecule has 6 nitrogen and oxygen atoms in total. The van der Waals surface area contributed by atoms with Crippen LogP contribution in [-0.2, 0) is 15.0 Å². The molecule has 28 heavy (non-hydrogen) atoms. The van der Waals surface area contributed by atoms with Crippen molar-refractivity contribution in [1.29, 1.82) is 0 Å². The van der Waals surface area contributed by atoms with Crippen LogP contribution in [0, 0.1) is 0 Å². The summed E-state index contributed by atoms with van der Waals surface area (Å²) in [5.74, 6) is -0.217.